The summed E-state index contributed by atoms with van der Waals surface area (Å²) >= 11 is 1.75. The summed E-state index contributed by atoms with van der Waals surface area (Å²) in [6, 6.07) is 6.99. The Bertz CT molecular complexity index is 488. The van der Waals surface area contributed by atoms with Crippen molar-refractivity contribution in [3.8, 4) is 0 Å². The van der Waals surface area contributed by atoms with E-state index in [2.05, 4.69) is 33.8 Å². The molecule has 0 saturated carbocycles. The van der Waals surface area contributed by atoms with Gasteiger partial charge in [-0.3, -0.25) is 0 Å². The second-order valence-electron chi connectivity index (χ2n) is 3.91. The first-order chi connectivity index (χ1) is 7.31. The van der Waals surface area contributed by atoms with Gasteiger partial charge in [-0.15, -0.1) is 11.3 Å². The van der Waals surface area contributed by atoms with E-state index in [0.717, 1.165) is 23.6 Å². The maximum atomic E-state index is 4.45. The molecule has 1 aliphatic heterocycles. The van der Waals surface area contributed by atoms with Crippen molar-refractivity contribution in [3.63, 3.8) is 0 Å². The van der Waals surface area contributed by atoms with Crippen LogP contribution in [-0.4, -0.2) is 24.1 Å². The van der Waals surface area contributed by atoms with Crippen LogP contribution in [0.5, 0.6) is 0 Å². The molecule has 2 heterocycles. The number of hydrogen-bond donors (Lipinski definition) is 2. The summed E-state index contributed by atoms with van der Waals surface area (Å²) in [5, 5.41) is 7.88. The fourth-order valence-corrected chi connectivity index (χ4v) is 2.62. The lowest BCUT2D eigenvalue weighted by atomic mass is 10.1. The number of anilines is 1. The zero-order valence-electron chi connectivity index (χ0n) is 8.58. The zero-order valence-corrected chi connectivity index (χ0v) is 9.40. The summed E-state index contributed by atoms with van der Waals surface area (Å²) < 4.78 is 1.27. The lowest BCUT2D eigenvalue weighted by Crippen LogP contribution is -2.51. The van der Waals surface area contributed by atoms with Crippen LogP contribution in [-0.2, 0) is 0 Å². The third-order valence-electron chi connectivity index (χ3n) is 2.65. The zero-order chi connectivity index (χ0) is 10.3. The summed E-state index contributed by atoms with van der Waals surface area (Å²) in [5.74, 6) is 0. The quantitative estimate of drug-likeness (QED) is 0.811. The van der Waals surface area contributed by atoms with E-state index < -0.39 is 0 Å². The van der Waals surface area contributed by atoms with E-state index in [0.29, 0.717) is 6.04 Å². The topological polar surface area (TPSA) is 37.0 Å². The van der Waals surface area contributed by atoms with Gasteiger partial charge in [-0.05, 0) is 25.1 Å². The van der Waals surface area contributed by atoms with Crippen LogP contribution in [0, 0.1) is 6.92 Å². The number of hydrogen-bond acceptors (Lipinski definition) is 4. The predicted molar refractivity (Wildman–Crippen MR) is 64.6 cm³/mol. The number of rotatable bonds is 2. The Morgan fingerprint density at radius 2 is 2.33 bits per heavy atom. The van der Waals surface area contributed by atoms with Crippen LogP contribution in [0.25, 0.3) is 10.2 Å². The van der Waals surface area contributed by atoms with Gasteiger partial charge in [0.2, 0.25) is 0 Å². The van der Waals surface area contributed by atoms with Crippen LogP contribution < -0.4 is 10.6 Å². The number of fused-ring (bicyclic) bond motifs is 1. The van der Waals surface area contributed by atoms with Gasteiger partial charge in [0.05, 0.1) is 21.3 Å². The highest BCUT2D eigenvalue weighted by molar-refractivity contribution is 7.18. The smallest absolute Gasteiger partial charge is 0.0907 e. The van der Waals surface area contributed by atoms with Crippen molar-refractivity contribution in [1.82, 2.24) is 10.3 Å². The van der Waals surface area contributed by atoms with Gasteiger partial charge in [-0.2, -0.15) is 0 Å². The van der Waals surface area contributed by atoms with Crippen LogP contribution in [0.1, 0.15) is 5.01 Å². The molecule has 4 heteroatoms. The molecule has 1 fully saturated rings. The van der Waals surface area contributed by atoms with Crippen molar-refractivity contribution in [2.75, 3.05) is 18.4 Å². The van der Waals surface area contributed by atoms with Crippen LogP contribution in [0.4, 0.5) is 5.69 Å². The van der Waals surface area contributed by atoms with Crippen LogP contribution >= 0.6 is 11.3 Å². The van der Waals surface area contributed by atoms with E-state index in [9.17, 15) is 0 Å². The molecular weight excluding hydrogens is 206 g/mol. The third kappa shape index (κ3) is 1.70. The first kappa shape index (κ1) is 9.12. The second-order valence-corrected chi connectivity index (χ2v) is 5.15. The summed E-state index contributed by atoms with van der Waals surface area (Å²) in [4.78, 5) is 4.45. The summed E-state index contributed by atoms with van der Waals surface area (Å²) in [6.45, 7) is 4.19. The van der Waals surface area contributed by atoms with Crippen molar-refractivity contribution < 1.29 is 0 Å². The molecular formula is C11H13N3S. The molecule has 3 rings (SSSR count). The number of nitrogens with one attached hydrogen (secondary N) is 2. The van der Waals surface area contributed by atoms with E-state index in [1.807, 2.05) is 6.92 Å². The maximum absolute atomic E-state index is 4.45. The predicted octanol–water partition coefficient (Wildman–Crippen LogP) is 1.99. The molecule has 0 bridgehead atoms. The van der Waals surface area contributed by atoms with Gasteiger partial charge in [-0.1, -0.05) is 0 Å². The minimum absolute atomic E-state index is 0.594. The minimum Gasteiger partial charge on any atom is -0.380 e. The molecule has 0 amide bonds. The Morgan fingerprint density at radius 3 is 3.07 bits per heavy atom. The fraction of sp³-hybridized carbons (Fsp3) is 0.364. The molecule has 2 N–H and O–H groups in total. The van der Waals surface area contributed by atoms with Crippen molar-refractivity contribution in [3.05, 3.63) is 23.2 Å². The number of benzene rings is 1. The van der Waals surface area contributed by atoms with E-state index in [1.54, 1.807) is 11.3 Å². The monoisotopic (exact) mass is 219 g/mol. The number of nitrogens with zero attached hydrogens (tertiary/aromatic N) is 1. The van der Waals surface area contributed by atoms with E-state index >= 15 is 0 Å². The Balaban J connectivity index is 1.90. The lowest BCUT2D eigenvalue weighted by Gasteiger charge is -2.28. The molecule has 0 aliphatic carbocycles. The van der Waals surface area contributed by atoms with Crippen molar-refractivity contribution >= 4 is 27.2 Å². The Morgan fingerprint density at radius 1 is 1.47 bits per heavy atom. The van der Waals surface area contributed by atoms with Gasteiger partial charge in [0.15, 0.2) is 0 Å². The summed E-state index contributed by atoms with van der Waals surface area (Å²) in [7, 11) is 0. The Hall–Kier alpha value is -1.13. The van der Waals surface area contributed by atoms with Gasteiger partial charge < -0.3 is 10.6 Å². The van der Waals surface area contributed by atoms with Crippen molar-refractivity contribution in [2.45, 2.75) is 13.0 Å². The molecule has 0 unspecified atom stereocenters. The Labute approximate surface area is 92.5 Å². The molecule has 1 saturated heterocycles. The molecule has 15 heavy (non-hydrogen) atoms. The minimum atomic E-state index is 0.594. The fourth-order valence-electron chi connectivity index (χ4n) is 1.76. The van der Waals surface area contributed by atoms with Crippen LogP contribution in [0.15, 0.2) is 18.2 Å². The van der Waals surface area contributed by atoms with Crippen molar-refractivity contribution in [1.29, 1.82) is 0 Å². The van der Waals surface area contributed by atoms with E-state index in [1.165, 1.54) is 10.4 Å². The molecule has 0 radical (unpaired) electrons. The van der Waals surface area contributed by atoms with E-state index in [-0.39, 0.29) is 0 Å². The van der Waals surface area contributed by atoms with E-state index in [4.69, 9.17) is 0 Å². The molecule has 0 atom stereocenters. The average Bonchev–Trinajstić information content (AvgIpc) is 2.50. The average molecular weight is 219 g/mol. The first-order valence-corrected chi connectivity index (χ1v) is 5.97. The first-order valence-electron chi connectivity index (χ1n) is 5.16. The highest BCUT2D eigenvalue weighted by atomic mass is 32.1. The number of aromatic nitrogens is 1. The highest BCUT2D eigenvalue weighted by Crippen LogP contribution is 2.25. The number of thiazole rings is 1. The molecule has 2 aromatic rings. The van der Waals surface area contributed by atoms with Gasteiger partial charge in [0, 0.05) is 18.8 Å². The van der Waals surface area contributed by atoms with Crippen LogP contribution in [0.3, 0.4) is 0 Å². The standard InChI is InChI=1S/C11H13N3S/c1-7-13-10-3-2-8(4-11(10)15-7)14-9-5-12-6-9/h2-4,9,12,14H,5-6H2,1H3. The number of aryl methyl sites for hydroxylation is 1. The lowest BCUT2D eigenvalue weighted by molar-refractivity contribution is 0.472. The highest BCUT2D eigenvalue weighted by Gasteiger charge is 2.15. The second kappa shape index (κ2) is 3.47. The van der Waals surface area contributed by atoms with Gasteiger partial charge in [-0.25, -0.2) is 4.98 Å². The molecule has 1 aromatic heterocycles. The largest absolute Gasteiger partial charge is 0.380 e. The van der Waals surface area contributed by atoms with Crippen LogP contribution in [0.2, 0.25) is 0 Å². The molecule has 1 aromatic carbocycles. The van der Waals surface area contributed by atoms with Gasteiger partial charge in [0.1, 0.15) is 0 Å². The molecule has 78 valence electrons. The molecule has 3 nitrogen and oxygen atoms in total. The third-order valence-corrected chi connectivity index (χ3v) is 3.58. The molecule has 0 spiro atoms. The van der Waals surface area contributed by atoms with Gasteiger partial charge >= 0.3 is 0 Å². The Kier molecular flexibility index (Phi) is 2.11. The van der Waals surface area contributed by atoms with Crippen molar-refractivity contribution in [2.24, 2.45) is 0 Å². The van der Waals surface area contributed by atoms with Gasteiger partial charge in [0.25, 0.3) is 0 Å². The summed E-state index contributed by atoms with van der Waals surface area (Å²) in [5.41, 5.74) is 2.31. The normalized spacial score (nSPS) is 16.6. The molecule has 1 aliphatic rings. The SMILES string of the molecule is Cc1nc2ccc(NC3CNC3)cc2s1. The summed E-state index contributed by atoms with van der Waals surface area (Å²) in [6.07, 6.45) is 0. The maximum Gasteiger partial charge on any atom is 0.0907 e.